The van der Waals surface area contributed by atoms with Crippen LogP contribution in [0.15, 0.2) is 6.33 Å². The van der Waals surface area contributed by atoms with Gasteiger partial charge in [0.2, 0.25) is 0 Å². The van der Waals surface area contributed by atoms with Gasteiger partial charge in [0, 0.05) is 25.2 Å². The Kier molecular flexibility index (Phi) is 2.99. The summed E-state index contributed by atoms with van der Waals surface area (Å²) >= 11 is 0. The topological polar surface area (TPSA) is 60.0 Å². The van der Waals surface area contributed by atoms with E-state index in [1.807, 2.05) is 6.33 Å². The van der Waals surface area contributed by atoms with Crippen LogP contribution in [0.2, 0.25) is 0 Å². The average molecular weight is 237 g/mol. The number of fused-ring (bicyclic) bond motifs is 1. The summed E-state index contributed by atoms with van der Waals surface area (Å²) in [5.41, 5.74) is 6.14. The van der Waals surface area contributed by atoms with E-state index in [1.165, 1.54) is 0 Å². The molecule has 0 saturated carbocycles. The van der Waals surface area contributed by atoms with Crippen molar-refractivity contribution < 1.29 is 0 Å². The molecule has 2 heterocycles. The first-order chi connectivity index (χ1) is 7.79. The van der Waals surface area contributed by atoms with Crippen LogP contribution in [0.1, 0.15) is 33.5 Å². The third-order valence-corrected chi connectivity index (χ3v) is 4.08. The van der Waals surface area contributed by atoms with E-state index in [2.05, 4.69) is 47.4 Å². The number of hydrogen-bond donors (Lipinski definition) is 1. The van der Waals surface area contributed by atoms with Gasteiger partial charge in [-0.3, -0.25) is 4.90 Å². The van der Waals surface area contributed by atoms with Crippen molar-refractivity contribution in [1.82, 2.24) is 19.7 Å². The van der Waals surface area contributed by atoms with Gasteiger partial charge in [-0.05, 0) is 19.3 Å². The molecule has 0 saturated heterocycles. The number of nitrogens with zero attached hydrogens (tertiary/aromatic N) is 4. The Morgan fingerprint density at radius 1 is 1.29 bits per heavy atom. The predicted molar refractivity (Wildman–Crippen MR) is 67.3 cm³/mol. The average Bonchev–Trinajstić information content (AvgIpc) is 2.62. The van der Waals surface area contributed by atoms with Crippen molar-refractivity contribution in [2.75, 3.05) is 13.1 Å². The van der Waals surface area contributed by atoms with Crippen molar-refractivity contribution in [3.8, 4) is 0 Å². The zero-order valence-electron chi connectivity index (χ0n) is 11.3. The molecule has 0 radical (unpaired) electrons. The Labute approximate surface area is 103 Å². The third-order valence-electron chi connectivity index (χ3n) is 4.08. The lowest BCUT2D eigenvalue weighted by Crippen LogP contribution is -2.53. The fraction of sp³-hybridized carbons (Fsp3) is 0.833. The van der Waals surface area contributed by atoms with E-state index in [0.717, 1.165) is 32.0 Å². The van der Waals surface area contributed by atoms with E-state index in [1.54, 1.807) is 0 Å². The highest BCUT2D eigenvalue weighted by Crippen LogP contribution is 2.30. The van der Waals surface area contributed by atoms with Gasteiger partial charge in [0.15, 0.2) is 0 Å². The quantitative estimate of drug-likeness (QED) is 0.847. The van der Waals surface area contributed by atoms with Crippen LogP contribution < -0.4 is 5.73 Å². The van der Waals surface area contributed by atoms with Gasteiger partial charge in [-0.2, -0.15) is 0 Å². The van der Waals surface area contributed by atoms with Crippen LogP contribution in [0, 0.1) is 5.41 Å². The molecule has 17 heavy (non-hydrogen) atoms. The molecule has 0 amide bonds. The molecule has 1 aromatic heterocycles. The van der Waals surface area contributed by atoms with Crippen LogP contribution in [0.5, 0.6) is 0 Å². The fourth-order valence-electron chi connectivity index (χ4n) is 2.01. The second-order valence-corrected chi connectivity index (χ2v) is 6.26. The molecular weight excluding hydrogens is 214 g/mol. The number of hydrogen-bond acceptors (Lipinski definition) is 4. The van der Waals surface area contributed by atoms with Crippen LogP contribution in [0.25, 0.3) is 0 Å². The third kappa shape index (κ3) is 2.50. The first kappa shape index (κ1) is 12.5. The molecule has 1 aromatic rings. The molecule has 0 bridgehead atoms. The molecule has 0 unspecified atom stereocenters. The van der Waals surface area contributed by atoms with E-state index in [4.69, 9.17) is 5.73 Å². The van der Waals surface area contributed by atoms with Crippen LogP contribution in [0.3, 0.4) is 0 Å². The highest BCUT2D eigenvalue weighted by molar-refractivity contribution is 4.95. The highest BCUT2D eigenvalue weighted by atomic mass is 15.3. The van der Waals surface area contributed by atoms with E-state index in [-0.39, 0.29) is 11.0 Å². The largest absolute Gasteiger partial charge is 0.325 e. The second kappa shape index (κ2) is 4.07. The van der Waals surface area contributed by atoms with Crippen LogP contribution in [-0.4, -0.2) is 38.3 Å². The van der Waals surface area contributed by atoms with Crippen LogP contribution >= 0.6 is 0 Å². The van der Waals surface area contributed by atoms with Crippen molar-refractivity contribution in [3.05, 3.63) is 12.2 Å². The summed E-state index contributed by atoms with van der Waals surface area (Å²) in [7, 11) is 0. The van der Waals surface area contributed by atoms with Crippen molar-refractivity contribution in [2.24, 2.45) is 11.1 Å². The molecule has 0 aromatic carbocycles. The maximum atomic E-state index is 6.25. The van der Waals surface area contributed by atoms with Gasteiger partial charge >= 0.3 is 0 Å². The smallest absolute Gasteiger partial charge is 0.147 e. The maximum absolute atomic E-state index is 6.25. The van der Waals surface area contributed by atoms with Crippen molar-refractivity contribution >= 4 is 0 Å². The molecule has 0 fully saturated rings. The molecule has 1 aliphatic rings. The minimum atomic E-state index is -0.182. The monoisotopic (exact) mass is 237 g/mol. The van der Waals surface area contributed by atoms with E-state index < -0.39 is 0 Å². The maximum Gasteiger partial charge on any atom is 0.147 e. The zero-order valence-corrected chi connectivity index (χ0v) is 11.3. The van der Waals surface area contributed by atoms with Gasteiger partial charge in [-0.15, -0.1) is 10.2 Å². The Bertz CT molecular complexity index is 388. The van der Waals surface area contributed by atoms with E-state index in [9.17, 15) is 0 Å². The van der Waals surface area contributed by atoms with Crippen molar-refractivity contribution in [2.45, 2.75) is 46.3 Å². The normalized spacial score (nSPS) is 18.2. The Hall–Kier alpha value is -0.940. The molecule has 2 N–H and O–H groups in total. The van der Waals surface area contributed by atoms with Gasteiger partial charge in [0.05, 0.1) is 6.54 Å². The summed E-state index contributed by atoms with van der Waals surface area (Å²) in [6.07, 6.45) is 1.81. The Balaban J connectivity index is 2.03. The first-order valence-corrected chi connectivity index (χ1v) is 6.17. The lowest BCUT2D eigenvalue weighted by Gasteiger charge is -2.43. The lowest BCUT2D eigenvalue weighted by atomic mass is 9.75. The number of aromatic nitrogens is 3. The van der Waals surface area contributed by atoms with E-state index >= 15 is 0 Å². The molecule has 96 valence electrons. The molecular formula is C12H23N5. The van der Waals surface area contributed by atoms with E-state index in [0.29, 0.717) is 0 Å². The fourth-order valence-corrected chi connectivity index (χ4v) is 2.01. The van der Waals surface area contributed by atoms with Crippen LogP contribution in [-0.2, 0) is 13.1 Å². The Morgan fingerprint density at radius 3 is 2.65 bits per heavy atom. The molecule has 5 heteroatoms. The molecule has 0 atom stereocenters. The predicted octanol–water partition coefficient (Wildman–Crippen LogP) is 0.857. The van der Waals surface area contributed by atoms with Crippen molar-refractivity contribution in [3.63, 3.8) is 0 Å². The molecule has 5 nitrogen and oxygen atoms in total. The standard InChI is InChI=1S/C12H23N5/c1-11(2,12(3,4)13)8-16-5-6-17-9-14-15-10(17)7-16/h9H,5-8,13H2,1-4H3. The van der Waals surface area contributed by atoms with Crippen LogP contribution in [0.4, 0.5) is 0 Å². The summed E-state index contributed by atoms with van der Waals surface area (Å²) in [4.78, 5) is 2.42. The summed E-state index contributed by atoms with van der Waals surface area (Å²) in [6, 6.07) is 0. The summed E-state index contributed by atoms with van der Waals surface area (Å²) in [6.45, 7) is 12.5. The van der Waals surface area contributed by atoms with Gasteiger partial charge in [-0.25, -0.2) is 0 Å². The summed E-state index contributed by atoms with van der Waals surface area (Å²) in [5, 5.41) is 8.08. The zero-order chi connectivity index (χ0) is 12.7. The highest BCUT2D eigenvalue weighted by Gasteiger charge is 2.35. The lowest BCUT2D eigenvalue weighted by molar-refractivity contribution is 0.0934. The number of nitrogens with two attached hydrogens (primary N) is 1. The SMILES string of the molecule is CC(C)(N)C(C)(C)CN1CCn2cnnc2C1. The molecule has 0 spiro atoms. The molecule has 1 aliphatic heterocycles. The van der Waals surface area contributed by atoms with Gasteiger partial charge < -0.3 is 10.3 Å². The minimum absolute atomic E-state index is 0.0786. The summed E-state index contributed by atoms with van der Waals surface area (Å²) < 4.78 is 2.12. The second-order valence-electron chi connectivity index (χ2n) is 6.26. The van der Waals surface area contributed by atoms with Gasteiger partial charge in [0.1, 0.15) is 12.2 Å². The number of rotatable bonds is 3. The Morgan fingerprint density at radius 2 is 2.00 bits per heavy atom. The molecule has 0 aliphatic carbocycles. The first-order valence-electron chi connectivity index (χ1n) is 6.17. The molecule has 2 rings (SSSR count). The van der Waals surface area contributed by atoms with Crippen molar-refractivity contribution in [1.29, 1.82) is 0 Å². The van der Waals surface area contributed by atoms with Gasteiger partial charge in [0.25, 0.3) is 0 Å². The minimum Gasteiger partial charge on any atom is -0.325 e. The van der Waals surface area contributed by atoms with Gasteiger partial charge in [-0.1, -0.05) is 13.8 Å². The summed E-state index contributed by atoms with van der Waals surface area (Å²) in [5.74, 6) is 1.06.